The van der Waals surface area contributed by atoms with E-state index in [0.29, 0.717) is 0 Å². The first-order chi connectivity index (χ1) is 35.6. The number of imidazole rings is 1. The maximum atomic E-state index is 4.74. The van der Waals surface area contributed by atoms with Gasteiger partial charge in [0.1, 0.15) is 0 Å². The van der Waals surface area contributed by atoms with E-state index in [0.717, 1.165) is 112 Å². The molecule has 0 atom stereocenters. The van der Waals surface area contributed by atoms with Crippen LogP contribution >= 0.6 is 0 Å². The van der Waals surface area contributed by atoms with Crippen LogP contribution in [0.25, 0.3) is 123 Å². The smallest absolute Gasteiger partial charge is 0.373 e. The average Bonchev–Trinajstić information content (AvgIpc) is 3.91. The van der Waals surface area contributed by atoms with E-state index in [1.54, 1.807) is 0 Å². The summed E-state index contributed by atoms with van der Waals surface area (Å²) in [6, 6.07) is 92.5. The molecule has 5 heteroatoms. The van der Waals surface area contributed by atoms with Crippen LogP contribution in [-0.2, 0) is 27.2 Å². The van der Waals surface area contributed by atoms with Crippen molar-refractivity contribution in [2.24, 2.45) is 7.05 Å². The molecule has 0 spiro atoms. The fourth-order valence-electron chi connectivity index (χ4n) is 9.76. The third-order valence-electron chi connectivity index (χ3n) is 13.4. The molecule has 3 aromatic heterocycles. The van der Waals surface area contributed by atoms with Gasteiger partial charge in [-0.3, -0.25) is 4.98 Å². The summed E-state index contributed by atoms with van der Waals surface area (Å²) in [5.74, 6) is 0.879. The molecule has 0 saturated heterocycles. The number of pyridine rings is 2. The van der Waals surface area contributed by atoms with Crippen LogP contribution in [0.2, 0.25) is 0 Å². The van der Waals surface area contributed by atoms with Gasteiger partial charge in [-0.25, -0.2) is 0 Å². The Bertz CT molecular complexity index is 3830. The Morgan fingerprint density at radius 3 is 1.25 bits per heavy atom. The Balaban J connectivity index is 0.00000574. The summed E-state index contributed by atoms with van der Waals surface area (Å²) in [6.07, 6.45) is 7.44. The Morgan fingerprint density at radius 1 is 0.301 bits per heavy atom. The molecule has 0 radical (unpaired) electrons. The van der Waals surface area contributed by atoms with Crippen molar-refractivity contribution in [2.45, 2.75) is 0 Å². The maximum Gasteiger partial charge on any atom is 3.00 e. The van der Waals surface area contributed by atoms with Crippen LogP contribution in [-0.4, -0.2) is 19.5 Å². The zero-order chi connectivity index (χ0) is 48.2. The maximum absolute atomic E-state index is 4.74. The molecule has 0 aliphatic carbocycles. The molecule has 0 unspecified atom stereocenters. The fourth-order valence-corrected chi connectivity index (χ4v) is 9.76. The van der Waals surface area contributed by atoms with Crippen LogP contribution < -0.4 is 0 Å². The summed E-state index contributed by atoms with van der Waals surface area (Å²) in [4.78, 5) is 13.9. The van der Waals surface area contributed by atoms with Gasteiger partial charge in [-0.05, 0) is 91.8 Å². The number of nitrogens with zero attached hydrogens (tertiary/aromatic N) is 4. The molecule has 0 fully saturated rings. The summed E-state index contributed by atoms with van der Waals surface area (Å²) >= 11 is 0. The van der Waals surface area contributed by atoms with Crippen molar-refractivity contribution < 1.29 is 20.1 Å². The number of hydrogen-bond donors (Lipinski definition) is 0. The molecular formula is C68H45IrN4. The van der Waals surface area contributed by atoms with Crippen molar-refractivity contribution in [3.8, 4) is 123 Å². The fraction of sp³-hybridized carbons (Fsp3) is 0.0147. The third-order valence-corrected chi connectivity index (χ3v) is 13.4. The first-order valence-corrected chi connectivity index (χ1v) is 24.1. The molecule has 0 amide bonds. The number of benzene rings is 9. The first-order valence-electron chi connectivity index (χ1n) is 24.1. The minimum absolute atomic E-state index is 0. The summed E-state index contributed by atoms with van der Waals surface area (Å²) in [5, 5.41) is 0. The molecule has 346 valence electrons. The molecule has 0 N–H and O–H groups in total. The van der Waals surface area contributed by atoms with Gasteiger partial charge in [0, 0.05) is 31.8 Å². The van der Waals surface area contributed by atoms with E-state index in [1.165, 1.54) is 11.1 Å². The zero-order valence-corrected chi connectivity index (χ0v) is 42.3. The van der Waals surface area contributed by atoms with Crippen LogP contribution in [0.15, 0.2) is 255 Å². The standard InChI is InChI=1S/C68H45N4.Ir/c1-72-42-41-71-68(72)53-35-31-50(32-36-53)59-18-6-8-20-61(59)56-43-55(60-19-7-5-17-58(60)49-29-33-52(34-30-49)66-23-11-13-39-69-66)44-57(45-56)62-21-9-10-22-63(62)64-38-37-54(67-24-12-14-40-70-67)46-65(64)51-27-25-48(26-28-51)47-15-3-2-4-16-47;/h2-33,35,38-46H,1H3;/q-3;+3. The van der Waals surface area contributed by atoms with Crippen molar-refractivity contribution in [1.29, 1.82) is 0 Å². The van der Waals surface area contributed by atoms with Crippen molar-refractivity contribution in [2.75, 3.05) is 0 Å². The topological polar surface area (TPSA) is 43.6 Å². The van der Waals surface area contributed by atoms with E-state index in [4.69, 9.17) is 4.98 Å². The number of aromatic nitrogens is 4. The molecule has 0 aliphatic rings. The Kier molecular flexibility index (Phi) is 13.3. The van der Waals surface area contributed by atoms with Gasteiger partial charge >= 0.3 is 20.1 Å². The summed E-state index contributed by atoms with van der Waals surface area (Å²) < 4.78 is 2.02. The van der Waals surface area contributed by atoms with Gasteiger partial charge in [0.25, 0.3) is 0 Å². The number of rotatable bonds is 11. The Hall–Kier alpha value is -8.86. The van der Waals surface area contributed by atoms with Crippen molar-refractivity contribution in [3.63, 3.8) is 0 Å². The van der Waals surface area contributed by atoms with E-state index >= 15 is 0 Å². The summed E-state index contributed by atoms with van der Waals surface area (Å²) in [7, 11) is 2.01. The largest absolute Gasteiger partial charge is 3.00 e. The quantitative estimate of drug-likeness (QED) is 0.121. The normalized spacial score (nSPS) is 11.0. The second-order valence-corrected chi connectivity index (χ2v) is 17.8. The van der Waals surface area contributed by atoms with Gasteiger partial charge < -0.3 is 14.5 Å². The molecule has 3 heterocycles. The van der Waals surface area contributed by atoms with Crippen LogP contribution in [0.5, 0.6) is 0 Å². The van der Waals surface area contributed by atoms with E-state index < -0.39 is 0 Å². The zero-order valence-electron chi connectivity index (χ0n) is 39.9. The molecule has 9 aromatic carbocycles. The number of aryl methyl sites for hydroxylation is 1. The molecular weight excluding hydrogens is 1060 g/mol. The van der Waals surface area contributed by atoms with Gasteiger partial charge in [0.05, 0.1) is 5.82 Å². The minimum atomic E-state index is 0. The SMILES string of the molecule is Cn1ccnc1-c1[c-]cc(-c2ccccc2-c2cc(-c3ccccc3-c3c[c-]c(-c4ccccn4)cc3)cc(-c3ccccc3-c3c[c-]c(-c4ccccn4)cc3-c3ccc(-c4ccccc4)cc3)c2)cc1.[Ir+3]. The average molecular weight is 1110 g/mol. The van der Waals surface area contributed by atoms with Crippen LogP contribution in [0.1, 0.15) is 0 Å². The van der Waals surface area contributed by atoms with E-state index in [2.05, 4.69) is 222 Å². The Morgan fingerprint density at radius 2 is 0.740 bits per heavy atom. The molecule has 0 bridgehead atoms. The summed E-state index contributed by atoms with van der Waals surface area (Å²) in [5.41, 5.74) is 22.4. The second-order valence-electron chi connectivity index (χ2n) is 17.8. The van der Waals surface area contributed by atoms with Crippen LogP contribution in [0.3, 0.4) is 0 Å². The summed E-state index contributed by atoms with van der Waals surface area (Å²) in [6.45, 7) is 0. The van der Waals surface area contributed by atoms with Gasteiger partial charge in [0.15, 0.2) is 0 Å². The van der Waals surface area contributed by atoms with Crippen molar-refractivity contribution in [3.05, 3.63) is 274 Å². The van der Waals surface area contributed by atoms with E-state index in [9.17, 15) is 0 Å². The van der Waals surface area contributed by atoms with Gasteiger partial charge in [-0.2, -0.15) is 0 Å². The van der Waals surface area contributed by atoms with Crippen molar-refractivity contribution in [1.82, 2.24) is 19.5 Å². The third kappa shape index (κ3) is 9.56. The number of hydrogen-bond acceptors (Lipinski definition) is 3. The Labute approximate surface area is 440 Å². The molecule has 12 rings (SSSR count). The molecule has 4 nitrogen and oxygen atoms in total. The van der Waals surface area contributed by atoms with E-state index in [-0.39, 0.29) is 20.1 Å². The van der Waals surface area contributed by atoms with Gasteiger partial charge in [-0.1, -0.05) is 191 Å². The van der Waals surface area contributed by atoms with Gasteiger partial charge in [0.2, 0.25) is 0 Å². The second kappa shape index (κ2) is 20.8. The molecule has 73 heavy (non-hydrogen) atoms. The molecule has 0 aliphatic heterocycles. The first kappa shape index (κ1) is 46.5. The minimum Gasteiger partial charge on any atom is -0.373 e. The predicted molar refractivity (Wildman–Crippen MR) is 295 cm³/mol. The monoisotopic (exact) mass is 1110 g/mol. The van der Waals surface area contributed by atoms with E-state index in [1.807, 2.05) is 72.8 Å². The molecule has 12 aromatic rings. The van der Waals surface area contributed by atoms with Gasteiger partial charge in [-0.15, -0.1) is 83.4 Å². The van der Waals surface area contributed by atoms with Crippen LogP contribution in [0, 0.1) is 18.2 Å². The van der Waals surface area contributed by atoms with Crippen LogP contribution in [0.4, 0.5) is 0 Å². The predicted octanol–water partition coefficient (Wildman–Crippen LogP) is 16.9. The van der Waals surface area contributed by atoms with Crippen molar-refractivity contribution >= 4 is 0 Å². The molecule has 0 saturated carbocycles.